The van der Waals surface area contributed by atoms with E-state index in [1.165, 1.54) is 6.07 Å². The second kappa shape index (κ2) is 5.66. The Morgan fingerprint density at radius 3 is 2.89 bits per heavy atom. The van der Waals surface area contributed by atoms with E-state index in [0.29, 0.717) is 10.1 Å². The number of benzene rings is 1. The number of nitrogens with two attached hydrogens (primary N) is 1. The van der Waals surface area contributed by atoms with Crippen molar-refractivity contribution in [2.45, 2.75) is 17.0 Å². The summed E-state index contributed by atoms with van der Waals surface area (Å²) in [6, 6.07) is 6.21. The Morgan fingerprint density at radius 2 is 2.21 bits per heavy atom. The largest absolute Gasteiger partial charge is 0.409 e. The number of aryl methyl sites for hydroxylation is 1. The van der Waals surface area contributed by atoms with E-state index in [0.717, 1.165) is 17.5 Å². The Morgan fingerprint density at radius 1 is 1.42 bits per heavy atom. The number of halogens is 1. The zero-order valence-corrected chi connectivity index (χ0v) is 10.9. The summed E-state index contributed by atoms with van der Waals surface area (Å²) in [5.74, 6) is -0.846. The molecule has 19 heavy (non-hydrogen) atoms. The molecule has 0 saturated carbocycles. The number of hydrogen-bond acceptors (Lipinski definition) is 5. The average Bonchev–Trinajstić information content (AvgIpc) is 2.38. The summed E-state index contributed by atoms with van der Waals surface area (Å²) in [6.07, 6.45) is 1.62. The van der Waals surface area contributed by atoms with Gasteiger partial charge in [-0.3, -0.25) is 0 Å². The summed E-state index contributed by atoms with van der Waals surface area (Å²) in [7, 11) is 0. The number of aromatic nitrogens is 2. The van der Waals surface area contributed by atoms with Gasteiger partial charge in [-0.25, -0.2) is 14.4 Å². The van der Waals surface area contributed by atoms with E-state index >= 15 is 0 Å². The van der Waals surface area contributed by atoms with E-state index in [-0.39, 0.29) is 11.4 Å². The van der Waals surface area contributed by atoms with Gasteiger partial charge in [-0.15, -0.1) is 0 Å². The molecule has 0 atom stereocenters. The molecule has 2 rings (SSSR count). The van der Waals surface area contributed by atoms with Gasteiger partial charge >= 0.3 is 0 Å². The first kappa shape index (κ1) is 13.3. The van der Waals surface area contributed by atoms with Crippen LogP contribution in [0.2, 0.25) is 0 Å². The fourth-order valence-electron chi connectivity index (χ4n) is 1.46. The van der Waals surface area contributed by atoms with Crippen molar-refractivity contribution < 1.29 is 9.60 Å². The van der Waals surface area contributed by atoms with Crippen LogP contribution in [-0.2, 0) is 0 Å². The van der Waals surface area contributed by atoms with Gasteiger partial charge in [-0.1, -0.05) is 11.2 Å². The minimum atomic E-state index is -0.562. The van der Waals surface area contributed by atoms with E-state index in [1.807, 2.05) is 6.92 Å². The summed E-state index contributed by atoms with van der Waals surface area (Å²) < 4.78 is 13.7. The molecule has 3 N–H and O–H groups in total. The summed E-state index contributed by atoms with van der Waals surface area (Å²) in [5, 5.41) is 12.0. The monoisotopic (exact) mass is 278 g/mol. The van der Waals surface area contributed by atoms with Crippen LogP contribution in [0.5, 0.6) is 0 Å². The molecule has 0 radical (unpaired) electrons. The molecule has 1 heterocycles. The molecule has 0 saturated heterocycles. The van der Waals surface area contributed by atoms with Crippen LogP contribution in [0.3, 0.4) is 0 Å². The zero-order valence-electron chi connectivity index (χ0n) is 10.0. The van der Waals surface area contributed by atoms with Gasteiger partial charge in [-0.2, -0.15) is 0 Å². The molecular weight excluding hydrogens is 267 g/mol. The van der Waals surface area contributed by atoms with Crippen LogP contribution >= 0.6 is 11.8 Å². The van der Waals surface area contributed by atoms with Crippen molar-refractivity contribution >= 4 is 17.6 Å². The Bertz CT molecular complexity index is 633. The summed E-state index contributed by atoms with van der Waals surface area (Å²) in [6.45, 7) is 1.84. The Labute approximate surface area is 113 Å². The van der Waals surface area contributed by atoms with E-state index in [4.69, 9.17) is 10.9 Å². The van der Waals surface area contributed by atoms with Crippen LogP contribution in [0, 0.1) is 12.7 Å². The van der Waals surface area contributed by atoms with Crippen LogP contribution < -0.4 is 5.73 Å². The topological polar surface area (TPSA) is 84.4 Å². The number of rotatable bonds is 3. The van der Waals surface area contributed by atoms with Gasteiger partial charge in [-0.05, 0) is 36.9 Å². The molecule has 0 bridgehead atoms. The predicted octanol–water partition coefficient (Wildman–Crippen LogP) is 2.17. The number of nitrogens with zero attached hydrogens (tertiary/aromatic N) is 3. The van der Waals surface area contributed by atoms with Gasteiger partial charge in [0.25, 0.3) is 0 Å². The molecule has 0 aliphatic heterocycles. The van der Waals surface area contributed by atoms with E-state index < -0.39 is 5.82 Å². The molecule has 7 heteroatoms. The molecule has 5 nitrogen and oxygen atoms in total. The lowest BCUT2D eigenvalue weighted by Gasteiger charge is -2.08. The van der Waals surface area contributed by atoms with Crippen LogP contribution in [0.25, 0.3) is 0 Å². The first-order chi connectivity index (χ1) is 9.11. The third-order valence-electron chi connectivity index (χ3n) is 2.31. The first-order valence-corrected chi connectivity index (χ1v) is 6.17. The first-order valence-electron chi connectivity index (χ1n) is 5.35. The fraction of sp³-hybridized carbons (Fsp3) is 0.0833. The van der Waals surface area contributed by atoms with Gasteiger partial charge in [0.05, 0.1) is 5.56 Å². The van der Waals surface area contributed by atoms with Crippen molar-refractivity contribution in [3.8, 4) is 0 Å². The molecule has 1 aromatic heterocycles. The standard InChI is InChI=1S/C12H11FN4OS/c1-7-5-6-15-12(16-7)19-9-4-2-3-8(13)10(9)11(14)17-18/h2-6,18H,1H3,(H2,14,17). The second-order valence-electron chi connectivity index (χ2n) is 3.68. The van der Waals surface area contributed by atoms with Crippen molar-refractivity contribution in [1.82, 2.24) is 9.97 Å². The predicted molar refractivity (Wildman–Crippen MR) is 69.8 cm³/mol. The number of hydrogen-bond donors (Lipinski definition) is 2. The molecule has 98 valence electrons. The Hall–Kier alpha value is -2.15. The second-order valence-corrected chi connectivity index (χ2v) is 4.69. The van der Waals surface area contributed by atoms with Gasteiger partial charge < -0.3 is 10.9 Å². The fourth-order valence-corrected chi connectivity index (χ4v) is 2.41. The van der Waals surface area contributed by atoms with E-state index in [9.17, 15) is 4.39 Å². The van der Waals surface area contributed by atoms with Crippen molar-refractivity contribution in [2.75, 3.05) is 0 Å². The maximum atomic E-state index is 13.7. The van der Waals surface area contributed by atoms with Gasteiger partial charge in [0, 0.05) is 16.8 Å². The summed E-state index contributed by atoms with van der Waals surface area (Å²) >= 11 is 1.15. The highest BCUT2D eigenvalue weighted by Gasteiger charge is 2.14. The molecule has 0 fully saturated rings. The van der Waals surface area contributed by atoms with Crippen LogP contribution in [0.4, 0.5) is 4.39 Å². The quantitative estimate of drug-likeness (QED) is 0.295. The molecule has 2 aromatic rings. The van der Waals surface area contributed by atoms with Crippen LogP contribution in [-0.4, -0.2) is 21.0 Å². The normalized spacial score (nSPS) is 11.6. The molecule has 0 spiro atoms. The Balaban J connectivity index is 2.43. The lowest BCUT2D eigenvalue weighted by atomic mass is 10.2. The lowest BCUT2D eigenvalue weighted by Crippen LogP contribution is -2.16. The van der Waals surface area contributed by atoms with Gasteiger partial charge in [0.1, 0.15) is 5.82 Å². The van der Waals surface area contributed by atoms with Crippen LogP contribution in [0.1, 0.15) is 11.3 Å². The zero-order chi connectivity index (χ0) is 13.8. The highest BCUT2D eigenvalue weighted by Crippen LogP contribution is 2.29. The molecule has 0 unspecified atom stereocenters. The lowest BCUT2D eigenvalue weighted by molar-refractivity contribution is 0.318. The third kappa shape index (κ3) is 3.00. The minimum absolute atomic E-state index is 0.0418. The highest BCUT2D eigenvalue weighted by atomic mass is 32.2. The SMILES string of the molecule is Cc1ccnc(Sc2cccc(F)c2C(N)=NO)n1. The van der Waals surface area contributed by atoms with Gasteiger partial charge in [0.2, 0.25) is 0 Å². The van der Waals surface area contributed by atoms with E-state index in [1.54, 1.807) is 24.4 Å². The van der Waals surface area contributed by atoms with Crippen LogP contribution in [0.15, 0.2) is 45.7 Å². The Kier molecular flexibility index (Phi) is 3.96. The number of amidine groups is 1. The maximum Gasteiger partial charge on any atom is 0.192 e. The third-order valence-corrected chi connectivity index (χ3v) is 3.25. The summed E-state index contributed by atoms with van der Waals surface area (Å²) in [4.78, 5) is 8.77. The van der Waals surface area contributed by atoms with Crippen molar-refractivity contribution in [3.05, 3.63) is 47.5 Å². The molecule has 0 aliphatic carbocycles. The molecule has 0 aliphatic rings. The summed E-state index contributed by atoms with van der Waals surface area (Å²) in [5.41, 5.74) is 6.33. The maximum absolute atomic E-state index is 13.7. The smallest absolute Gasteiger partial charge is 0.192 e. The molecular formula is C12H11FN4OS. The molecule has 1 aromatic carbocycles. The van der Waals surface area contributed by atoms with E-state index in [2.05, 4.69) is 15.1 Å². The van der Waals surface area contributed by atoms with Crippen molar-refractivity contribution in [1.29, 1.82) is 0 Å². The minimum Gasteiger partial charge on any atom is -0.409 e. The average molecular weight is 278 g/mol. The number of oxime groups is 1. The van der Waals surface area contributed by atoms with Crippen molar-refractivity contribution in [2.24, 2.45) is 10.9 Å². The van der Waals surface area contributed by atoms with Crippen molar-refractivity contribution in [3.63, 3.8) is 0 Å². The highest BCUT2D eigenvalue weighted by molar-refractivity contribution is 7.99. The van der Waals surface area contributed by atoms with Gasteiger partial charge in [0.15, 0.2) is 11.0 Å². The molecule has 0 amide bonds.